The molecule has 1 aliphatic heterocycles. The Hall–Kier alpha value is -3.31. The van der Waals surface area contributed by atoms with Crippen LogP contribution in [0.25, 0.3) is 0 Å². The van der Waals surface area contributed by atoms with Crippen LogP contribution in [0.15, 0.2) is 72.8 Å². The second-order valence-electron chi connectivity index (χ2n) is 9.45. The van der Waals surface area contributed by atoms with Crippen LogP contribution in [0.2, 0.25) is 0 Å². The van der Waals surface area contributed by atoms with Crippen LogP contribution in [0.1, 0.15) is 33.1 Å². The Balaban J connectivity index is 1.49. The first-order chi connectivity index (χ1) is 16.4. The van der Waals surface area contributed by atoms with E-state index in [2.05, 4.69) is 94.8 Å². The van der Waals surface area contributed by atoms with E-state index in [1.54, 1.807) is 0 Å². The molecule has 34 heavy (non-hydrogen) atoms. The van der Waals surface area contributed by atoms with E-state index in [1.165, 1.54) is 16.9 Å². The lowest BCUT2D eigenvalue weighted by Gasteiger charge is -2.40. The summed E-state index contributed by atoms with van der Waals surface area (Å²) in [5.41, 5.74) is 6.64. The van der Waals surface area contributed by atoms with Crippen LogP contribution < -0.4 is 15.1 Å². The fourth-order valence-corrected chi connectivity index (χ4v) is 4.78. The van der Waals surface area contributed by atoms with E-state index in [4.69, 9.17) is 0 Å². The van der Waals surface area contributed by atoms with Crippen LogP contribution in [0.3, 0.4) is 0 Å². The highest BCUT2D eigenvalue weighted by Gasteiger charge is 2.26. The van der Waals surface area contributed by atoms with E-state index in [9.17, 15) is 4.79 Å². The van der Waals surface area contributed by atoms with Crippen molar-refractivity contribution in [3.05, 3.63) is 95.1 Å². The van der Waals surface area contributed by atoms with Gasteiger partial charge in [0, 0.05) is 63.8 Å². The zero-order chi connectivity index (χ0) is 24.1. The molecule has 1 fully saturated rings. The summed E-state index contributed by atoms with van der Waals surface area (Å²) >= 11 is 0. The number of anilines is 2. The van der Waals surface area contributed by atoms with Crippen molar-refractivity contribution < 1.29 is 4.79 Å². The molecule has 1 atom stereocenters. The third-order valence-electron chi connectivity index (χ3n) is 6.61. The molecule has 1 saturated heterocycles. The highest BCUT2D eigenvalue weighted by Crippen LogP contribution is 2.26. The highest BCUT2D eigenvalue weighted by atomic mass is 16.1. The molecule has 1 heterocycles. The van der Waals surface area contributed by atoms with E-state index in [0.717, 1.165) is 42.9 Å². The highest BCUT2D eigenvalue weighted by molar-refractivity contribution is 5.94. The third-order valence-corrected chi connectivity index (χ3v) is 6.61. The number of amides is 1. The summed E-state index contributed by atoms with van der Waals surface area (Å²) in [6.45, 7) is 8.50. The van der Waals surface area contributed by atoms with Crippen LogP contribution in [-0.2, 0) is 0 Å². The van der Waals surface area contributed by atoms with Gasteiger partial charge in [0.2, 0.25) is 0 Å². The Morgan fingerprint density at radius 2 is 1.50 bits per heavy atom. The number of para-hydroxylation sites is 1. The van der Waals surface area contributed by atoms with Gasteiger partial charge in [-0.1, -0.05) is 47.5 Å². The van der Waals surface area contributed by atoms with Crippen LogP contribution in [0.4, 0.5) is 11.4 Å². The molecular formula is C29H36N4O. The van der Waals surface area contributed by atoms with Gasteiger partial charge in [-0.05, 0) is 55.8 Å². The summed E-state index contributed by atoms with van der Waals surface area (Å²) in [5, 5.41) is 3.22. The van der Waals surface area contributed by atoms with Crippen molar-refractivity contribution in [2.45, 2.75) is 19.9 Å². The lowest BCUT2D eigenvalue weighted by molar-refractivity contribution is 0.0930. The summed E-state index contributed by atoms with van der Waals surface area (Å²) in [5.74, 6) is -0.00960. The van der Waals surface area contributed by atoms with Crippen molar-refractivity contribution in [1.29, 1.82) is 0 Å². The minimum absolute atomic E-state index is 0.00960. The summed E-state index contributed by atoms with van der Waals surface area (Å²) < 4.78 is 0. The largest absolute Gasteiger partial charge is 0.378 e. The molecule has 5 nitrogen and oxygen atoms in total. The minimum Gasteiger partial charge on any atom is -0.378 e. The van der Waals surface area contributed by atoms with Crippen molar-refractivity contribution >= 4 is 17.3 Å². The molecule has 0 radical (unpaired) electrons. The Morgan fingerprint density at radius 1 is 0.882 bits per heavy atom. The average molecular weight is 457 g/mol. The number of carbonyl (C=O) groups is 1. The number of nitrogens with one attached hydrogen (secondary N) is 1. The fraction of sp³-hybridized carbons (Fsp3) is 0.345. The quantitative estimate of drug-likeness (QED) is 0.561. The molecule has 4 rings (SSSR count). The van der Waals surface area contributed by atoms with Crippen molar-refractivity contribution in [2.75, 3.05) is 56.6 Å². The molecule has 1 aliphatic rings. The molecule has 0 spiro atoms. The van der Waals surface area contributed by atoms with Crippen LogP contribution >= 0.6 is 0 Å². The number of piperazine rings is 1. The van der Waals surface area contributed by atoms with Gasteiger partial charge < -0.3 is 15.1 Å². The maximum absolute atomic E-state index is 13.0. The number of aryl methyl sites for hydroxylation is 2. The lowest BCUT2D eigenvalue weighted by atomic mass is 10.0. The fourth-order valence-electron chi connectivity index (χ4n) is 4.78. The third kappa shape index (κ3) is 5.78. The van der Waals surface area contributed by atoms with Gasteiger partial charge in [-0.3, -0.25) is 9.69 Å². The van der Waals surface area contributed by atoms with Gasteiger partial charge in [0.25, 0.3) is 5.91 Å². The first-order valence-electron chi connectivity index (χ1n) is 12.1. The molecule has 0 aliphatic carbocycles. The van der Waals surface area contributed by atoms with E-state index in [0.29, 0.717) is 6.54 Å². The number of rotatable bonds is 7. The Bertz CT molecular complexity index is 1070. The monoisotopic (exact) mass is 456 g/mol. The van der Waals surface area contributed by atoms with Crippen molar-refractivity contribution in [1.82, 2.24) is 10.2 Å². The molecule has 1 amide bonds. The molecule has 178 valence electrons. The first kappa shape index (κ1) is 23.8. The molecule has 3 aromatic carbocycles. The molecule has 5 heteroatoms. The number of hydrogen-bond acceptors (Lipinski definition) is 4. The molecule has 1 N–H and O–H groups in total. The maximum atomic E-state index is 13.0. The van der Waals surface area contributed by atoms with Gasteiger partial charge in [-0.25, -0.2) is 0 Å². The molecular weight excluding hydrogens is 420 g/mol. The van der Waals surface area contributed by atoms with Gasteiger partial charge >= 0.3 is 0 Å². The maximum Gasteiger partial charge on any atom is 0.251 e. The van der Waals surface area contributed by atoms with E-state index in [-0.39, 0.29) is 11.9 Å². The Morgan fingerprint density at radius 3 is 2.09 bits per heavy atom. The average Bonchev–Trinajstić information content (AvgIpc) is 2.84. The van der Waals surface area contributed by atoms with Crippen molar-refractivity contribution in [3.8, 4) is 0 Å². The van der Waals surface area contributed by atoms with Crippen molar-refractivity contribution in [3.63, 3.8) is 0 Å². The topological polar surface area (TPSA) is 38.8 Å². The van der Waals surface area contributed by atoms with Crippen LogP contribution in [-0.4, -0.2) is 57.6 Å². The molecule has 0 bridgehead atoms. The van der Waals surface area contributed by atoms with Crippen LogP contribution in [0, 0.1) is 13.8 Å². The Labute approximate surface area is 204 Å². The van der Waals surface area contributed by atoms with Gasteiger partial charge in [0.15, 0.2) is 0 Å². The summed E-state index contributed by atoms with van der Waals surface area (Å²) in [6.07, 6.45) is 0. The molecule has 0 aromatic heterocycles. The SMILES string of the molecule is Cc1cc(C)cc(C(=O)NC[C@H](c2ccc(N(C)C)cc2)N2CCN(c3ccccc3)CC2)c1. The first-order valence-corrected chi connectivity index (χ1v) is 12.1. The van der Waals surface area contributed by atoms with Gasteiger partial charge in [0.05, 0.1) is 6.04 Å². The minimum atomic E-state index is -0.00960. The van der Waals surface area contributed by atoms with Gasteiger partial charge in [0.1, 0.15) is 0 Å². The van der Waals surface area contributed by atoms with Gasteiger partial charge in [-0.15, -0.1) is 0 Å². The zero-order valence-corrected chi connectivity index (χ0v) is 20.8. The van der Waals surface area contributed by atoms with E-state index in [1.807, 2.05) is 26.0 Å². The van der Waals surface area contributed by atoms with E-state index >= 15 is 0 Å². The number of benzene rings is 3. The second-order valence-corrected chi connectivity index (χ2v) is 9.45. The van der Waals surface area contributed by atoms with E-state index < -0.39 is 0 Å². The number of hydrogen-bond donors (Lipinski definition) is 1. The van der Waals surface area contributed by atoms with Crippen LogP contribution in [0.5, 0.6) is 0 Å². The number of nitrogens with zero attached hydrogens (tertiary/aromatic N) is 3. The molecule has 3 aromatic rings. The van der Waals surface area contributed by atoms with Gasteiger partial charge in [-0.2, -0.15) is 0 Å². The summed E-state index contributed by atoms with van der Waals surface area (Å²) in [4.78, 5) is 20.1. The predicted molar refractivity (Wildman–Crippen MR) is 142 cm³/mol. The summed E-state index contributed by atoms with van der Waals surface area (Å²) in [6, 6.07) is 25.5. The second kappa shape index (κ2) is 10.7. The normalized spacial score (nSPS) is 15.1. The number of carbonyl (C=O) groups excluding carboxylic acids is 1. The molecule has 0 saturated carbocycles. The molecule has 0 unspecified atom stereocenters. The standard InChI is InChI=1S/C29H36N4O/c1-22-18-23(2)20-25(19-22)29(34)30-21-28(24-10-12-26(13-11-24)31(3)4)33-16-14-32(15-17-33)27-8-6-5-7-9-27/h5-13,18-20,28H,14-17,21H2,1-4H3,(H,30,34)/t28-/m1/s1. The Kier molecular flexibility index (Phi) is 7.53. The zero-order valence-electron chi connectivity index (χ0n) is 20.8. The summed E-state index contributed by atoms with van der Waals surface area (Å²) in [7, 11) is 4.11. The predicted octanol–water partition coefficient (Wildman–Crippen LogP) is 4.66. The van der Waals surface area contributed by atoms with Crippen molar-refractivity contribution in [2.24, 2.45) is 0 Å². The smallest absolute Gasteiger partial charge is 0.251 e. The lowest BCUT2D eigenvalue weighted by Crippen LogP contribution is -2.50.